The molecule has 14 heavy (non-hydrogen) atoms. The smallest absolute Gasteiger partial charge is 0.0400 e. The summed E-state index contributed by atoms with van der Waals surface area (Å²) in [6.07, 6.45) is 6.01. The average Bonchev–Trinajstić information content (AvgIpc) is 2.13. The van der Waals surface area contributed by atoms with E-state index in [4.69, 9.17) is 11.6 Å². The van der Waals surface area contributed by atoms with Crippen molar-refractivity contribution in [2.75, 3.05) is 11.9 Å². The van der Waals surface area contributed by atoms with Gasteiger partial charge in [-0.05, 0) is 37.3 Å². The molecule has 1 aliphatic rings. The summed E-state index contributed by atoms with van der Waals surface area (Å²) in [7, 11) is 0. The van der Waals surface area contributed by atoms with Gasteiger partial charge in [-0.2, -0.15) is 0 Å². The third kappa shape index (κ3) is 2.18. The summed E-state index contributed by atoms with van der Waals surface area (Å²) in [6.45, 7) is 3.11. The van der Waals surface area contributed by atoms with E-state index >= 15 is 0 Å². The van der Waals surface area contributed by atoms with E-state index in [0.717, 1.165) is 25.3 Å². The Morgan fingerprint density at radius 2 is 2.36 bits per heavy atom. The Kier molecular flexibility index (Phi) is 2.92. The van der Waals surface area contributed by atoms with Crippen molar-refractivity contribution in [3.05, 3.63) is 24.0 Å². The zero-order valence-corrected chi connectivity index (χ0v) is 9.09. The van der Waals surface area contributed by atoms with Gasteiger partial charge in [-0.15, -0.1) is 11.6 Å². The number of pyridine rings is 1. The molecule has 0 atom stereocenters. The van der Waals surface area contributed by atoms with E-state index < -0.39 is 0 Å². The quantitative estimate of drug-likeness (QED) is 0.777. The molecule has 0 amide bonds. The largest absolute Gasteiger partial charge is 0.384 e. The lowest BCUT2D eigenvalue weighted by atomic mass is 9.85. The van der Waals surface area contributed by atoms with Gasteiger partial charge in [0.2, 0.25) is 0 Å². The Labute approximate surface area is 89.7 Å². The van der Waals surface area contributed by atoms with Crippen molar-refractivity contribution in [3.8, 4) is 0 Å². The van der Waals surface area contributed by atoms with Gasteiger partial charge in [0.15, 0.2) is 0 Å². The van der Waals surface area contributed by atoms with Crippen molar-refractivity contribution in [2.24, 2.45) is 5.92 Å². The van der Waals surface area contributed by atoms with Gasteiger partial charge in [-0.1, -0.05) is 0 Å². The second kappa shape index (κ2) is 4.18. The Balaban J connectivity index is 1.83. The van der Waals surface area contributed by atoms with E-state index in [9.17, 15) is 0 Å². The molecule has 0 saturated heterocycles. The highest BCUT2D eigenvalue weighted by atomic mass is 35.5. The van der Waals surface area contributed by atoms with E-state index in [0.29, 0.717) is 5.38 Å². The summed E-state index contributed by atoms with van der Waals surface area (Å²) >= 11 is 5.92. The van der Waals surface area contributed by atoms with Crippen molar-refractivity contribution in [2.45, 2.75) is 25.1 Å². The molecule has 76 valence electrons. The molecule has 2 nitrogen and oxygen atoms in total. The number of aryl methyl sites for hydroxylation is 1. The van der Waals surface area contributed by atoms with Crippen LogP contribution in [0.5, 0.6) is 0 Å². The van der Waals surface area contributed by atoms with E-state index in [2.05, 4.69) is 17.2 Å². The van der Waals surface area contributed by atoms with Crippen LogP contribution in [0.2, 0.25) is 0 Å². The first-order chi connectivity index (χ1) is 6.75. The highest BCUT2D eigenvalue weighted by Gasteiger charge is 2.26. The number of anilines is 1. The minimum absolute atomic E-state index is 0.417. The molecule has 0 spiro atoms. The second-order valence-corrected chi connectivity index (χ2v) is 4.62. The maximum atomic E-state index is 5.92. The summed E-state index contributed by atoms with van der Waals surface area (Å²) in [6, 6.07) is 2.02. The summed E-state index contributed by atoms with van der Waals surface area (Å²) in [5.74, 6) is 0.755. The summed E-state index contributed by atoms with van der Waals surface area (Å²) < 4.78 is 0. The zero-order valence-electron chi connectivity index (χ0n) is 8.33. The molecule has 0 radical (unpaired) electrons. The number of rotatable bonds is 3. The average molecular weight is 211 g/mol. The van der Waals surface area contributed by atoms with Gasteiger partial charge in [0, 0.05) is 30.0 Å². The third-order valence-corrected chi connectivity index (χ3v) is 3.14. The van der Waals surface area contributed by atoms with Crippen molar-refractivity contribution < 1.29 is 0 Å². The fourth-order valence-corrected chi connectivity index (χ4v) is 2.25. The summed E-state index contributed by atoms with van der Waals surface area (Å²) in [5.41, 5.74) is 2.40. The maximum absolute atomic E-state index is 5.92. The number of nitrogens with one attached hydrogen (secondary N) is 1. The van der Waals surface area contributed by atoms with E-state index in [1.807, 2.05) is 18.5 Å². The van der Waals surface area contributed by atoms with Gasteiger partial charge in [0.05, 0.1) is 0 Å². The van der Waals surface area contributed by atoms with Crippen LogP contribution in [0.4, 0.5) is 5.69 Å². The standard InChI is InChI=1S/C11H15ClN2/c1-8-6-13-3-2-11(8)14-7-9-4-10(12)5-9/h2-3,6,9-10H,4-5,7H2,1H3,(H,13,14). The second-order valence-electron chi connectivity index (χ2n) is 4.01. The molecule has 2 rings (SSSR count). The van der Waals surface area contributed by atoms with E-state index in [1.54, 1.807) is 0 Å². The van der Waals surface area contributed by atoms with Crippen LogP contribution in [0.1, 0.15) is 18.4 Å². The van der Waals surface area contributed by atoms with Gasteiger partial charge in [-0.25, -0.2) is 0 Å². The molecular formula is C11H15ClN2. The van der Waals surface area contributed by atoms with Crippen molar-refractivity contribution >= 4 is 17.3 Å². The lowest BCUT2D eigenvalue weighted by molar-refractivity contribution is 0.341. The minimum atomic E-state index is 0.417. The van der Waals surface area contributed by atoms with Gasteiger partial charge in [0.1, 0.15) is 0 Å². The third-order valence-electron chi connectivity index (χ3n) is 2.78. The molecule has 1 aromatic rings. The first-order valence-electron chi connectivity index (χ1n) is 5.04. The van der Waals surface area contributed by atoms with Crippen LogP contribution in [0.15, 0.2) is 18.5 Å². The SMILES string of the molecule is Cc1cnccc1NCC1CC(Cl)C1. The van der Waals surface area contributed by atoms with Gasteiger partial charge >= 0.3 is 0 Å². The molecule has 1 N–H and O–H groups in total. The van der Waals surface area contributed by atoms with Crippen LogP contribution in [0, 0.1) is 12.8 Å². The highest BCUT2D eigenvalue weighted by molar-refractivity contribution is 6.21. The summed E-state index contributed by atoms with van der Waals surface area (Å²) in [4.78, 5) is 4.06. The Bertz CT molecular complexity index is 308. The lowest BCUT2D eigenvalue weighted by Gasteiger charge is -2.31. The molecule has 1 aliphatic carbocycles. The molecule has 1 heterocycles. The molecule has 1 fully saturated rings. The molecule has 0 aliphatic heterocycles. The monoisotopic (exact) mass is 210 g/mol. The van der Waals surface area contributed by atoms with E-state index in [1.165, 1.54) is 11.3 Å². The molecule has 1 aromatic heterocycles. The molecule has 0 aromatic carbocycles. The van der Waals surface area contributed by atoms with E-state index in [-0.39, 0.29) is 0 Å². The Morgan fingerprint density at radius 3 is 3.00 bits per heavy atom. The predicted molar refractivity (Wildman–Crippen MR) is 59.8 cm³/mol. The highest BCUT2D eigenvalue weighted by Crippen LogP contribution is 2.32. The number of nitrogens with zero attached hydrogens (tertiary/aromatic N) is 1. The fraction of sp³-hybridized carbons (Fsp3) is 0.545. The van der Waals surface area contributed by atoms with Crippen molar-refractivity contribution in [3.63, 3.8) is 0 Å². The molecule has 3 heteroatoms. The number of hydrogen-bond donors (Lipinski definition) is 1. The number of halogens is 1. The van der Waals surface area contributed by atoms with Gasteiger partial charge in [0.25, 0.3) is 0 Å². The molecule has 0 unspecified atom stereocenters. The Morgan fingerprint density at radius 1 is 1.57 bits per heavy atom. The fourth-order valence-electron chi connectivity index (χ4n) is 1.75. The van der Waals surface area contributed by atoms with Crippen LogP contribution >= 0.6 is 11.6 Å². The maximum Gasteiger partial charge on any atom is 0.0400 e. The van der Waals surface area contributed by atoms with Gasteiger partial charge in [-0.3, -0.25) is 4.98 Å². The zero-order chi connectivity index (χ0) is 9.97. The van der Waals surface area contributed by atoms with Crippen molar-refractivity contribution in [1.82, 2.24) is 4.98 Å². The van der Waals surface area contributed by atoms with Crippen LogP contribution < -0.4 is 5.32 Å². The van der Waals surface area contributed by atoms with Crippen LogP contribution in [-0.4, -0.2) is 16.9 Å². The first-order valence-corrected chi connectivity index (χ1v) is 5.48. The molecular weight excluding hydrogens is 196 g/mol. The predicted octanol–water partition coefficient (Wildman–Crippen LogP) is 2.82. The summed E-state index contributed by atoms with van der Waals surface area (Å²) in [5, 5.41) is 3.85. The topological polar surface area (TPSA) is 24.9 Å². The number of hydrogen-bond acceptors (Lipinski definition) is 2. The van der Waals surface area contributed by atoms with Crippen LogP contribution in [-0.2, 0) is 0 Å². The first kappa shape index (κ1) is 9.78. The number of alkyl halides is 1. The number of aromatic nitrogens is 1. The van der Waals surface area contributed by atoms with Crippen molar-refractivity contribution in [1.29, 1.82) is 0 Å². The Hall–Kier alpha value is -0.760. The lowest BCUT2D eigenvalue weighted by Crippen LogP contribution is -2.30. The van der Waals surface area contributed by atoms with Gasteiger partial charge < -0.3 is 5.32 Å². The minimum Gasteiger partial charge on any atom is -0.384 e. The molecule has 1 saturated carbocycles. The normalized spacial score (nSPS) is 25.6. The van der Waals surface area contributed by atoms with Crippen LogP contribution in [0.3, 0.4) is 0 Å². The molecule has 0 bridgehead atoms. The van der Waals surface area contributed by atoms with Crippen LogP contribution in [0.25, 0.3) is 0 Å².